The highest BCUT2D eigenvalue weighted by Gasteiger charge is 2.28. The van der Waals surface area contributed by atoms with Crippen molar-refractivity contribution in [2.45, 2.75) is 43.8 Å². The van der Waals surface area contributed by atoms with Gasteiger partial charge in [-0.1, -0.05) is 6.42 Å². The van der Waals surface area contributed by atoms with E-state index in [1.807, 2.05) is 0 Å². The summed E-state index contributed by atoms with van der Waals surface area (Å²) in [5.74, 6) is -4.40. The van der Waals surface area contributed by atoms with Gasteiger partial charge >= 0.3 is 11.9 Å². The second kappa shape index (κ2) is 11.6. The van der Waals surface area contributed by atoms with Gasteiger partial charge in [0, 0.05) is 5.75 Å². The molecular formula is C13H24N4O6S. The summed E-state index contributed by atoms with van der Waals surface area (Å²) >= 11 is 3.93. The molecule has 2 amide bonds. The first-order chi connectivity index (χ1) is 11.2. The molecule has 10 nitrogen and oxygen atoms in total. The second-order valence-corrected chi connectivity index (χ2v) is 5.50. The van der Waals surface area contributed by atoms with Crippen molar-refractivity contribution < 1.29 is 29.4 Å². The lowest BCUT2D eigenvalue weighted by Gasteiger charge is -2.21. The van der Waals surface area contributed by atoms with Crippen LogP contribution in [0.1, 0.15) is 25.7 Å². The van der Waals surface area contributed by atoms with Crippen LogP contribution in [0.3, 0.4) is 0 Å². The highest BCUT2D eigenvalue weighted by Crippen LogP contribution is 2.00. The lowest BCUT2D eigenvalue weighted by Crippen LogP contribution is -2.55. The highest BCUT2D eigenvalue weighted by atomic mass is 32.1. The summed E-state index contributed by atoms with van der Waals surface area (Å²) < 4.78 is 0. The number of rotatable bonds is 12. The molecule has 3 unspecified atom stereocenters. The average Bonchev–Trinajstić information content (AvgIpc) is 2.50. The number of carbonyl (C=O) groups is 4. The van der Waals surface area contributed by atoms with Gasteiger partial charge in [0.15, 0.2) is 0 Å². The monoisotopic (exact) mass is 364 g/mol. The summed E-state index contributed by atoms with van der Waals surface area (Å²) in [5, 5.41) is 22.0. The third kappa shape index (κ3) is 8.70. The topological polar surface area (TPSA) is 185 Å². The van der Waals surface area contributed by atoms with E-state index in [0.29, 0.717) is 25.8 Å². The fourth-order valence-electron chi connectivity index (χ4n) is 1.76. The third-order valence-corrected chi connectivity index (χ3v) is 3.48. The van der Waals surface area contributed by atoms with Crippen molar-refractivity contribution in [3.8, 4) is 0 Å². The Balaban J connectivity index is 4.64. The molecule has 0 heterocycles. The van der Waals surface area contributed by atoms with Crippen molar-refractivity contribution in [2.24, 2.45) is 11.5 Å². The Labute approximate surface area is 144 Å². The van der Waals surface area contributed by atoms with E-state index in [9.17, 15) is 19.2 Å². The molecule has 0 saturated carbocycles. The first-order valence-corrected chi connectivity index (χ1v) is 7.98. The van der Waals surface area contributed by atoms with Crippen LogP contribution in [0.15, 0.2) is 0 Å². The molecule has 24 heavy (non-hydrogen) atoms. The van der Waals surface area contributed by atoms with Crippen LogP contribution in [0.2, 0.25) is 0 Å². The molecule has 0 aliphatic heterocycles. The molecule has 0 radical (unpaired) electrons. The molecule has 8 N–H and O–H groups in total. The molecule has 0 aromatic rings. The van der Waals surface area contributed by atoms with Gasteiger partial charge in [-0.25, -0.2) is 4.79 Å². The Morgan fingerprint density at radius 2 is 1.58 bits per heavy atom. The second-order valence-electron chi connectivity index (χ2n) is 5.13. The van der Waals surface area contributed by atoms with Gasteiger partial charge in [-0.3, -0.25) is 14.4 Å². The smallest absolute Gasteiger partial charge is 0.326 e. The molecule has 0 bridgehead atoms. The van der Waals surface area contributed by atoms with Crippen LogP contribution in [0, 0.1) is 0 Å². The maximum Gasteiger partial charge on any atom is 0.326 e. The van der Waals surface area contributed by atoms with Crippen LogP contribution in [0.4, 0.5) is 0 Å². The Bertz CT molecular complexity index is 462. The standard InChI is InChI=1S/C13H24N4O6S/c14-4-2-1-3-7(15)11(20)17-9(6-24)12(21)16-8(13(22)23)5-10(18)19/h7-9,24H,1-6,14-15H2,(H,16,21)(H,17,20)(H,18,19)(H,22,23). The summed E-state index contributed by atoms with van der Waals surface area (Å²) in [6.07, 6.45) is 0.975. The largest absolute Gasteiger partial charge is 0.481 e. The quantitative estimate of drug-likeness (QED) is 0.152. The van der Waals surface area contributed by atoms with E-state index in [-0.39, 0.29) is 5.75 Å². The molecule has 0 aliphatic rings. The van der Waals surface area contributed by atoms with Gasteiger partial charge in [-0.2, -0.15) is 12.6 Å². The zero-order chi connectivity index (χ0) is 18.7. The van der Waals surface area contributed by atoms with E-state index >= 15 is 0 Å². The Kier molecular flexibility index (Phi) is 10.8. The zero-order valence-corrected chi connectivity index (χ0v) is 14.0. The van der Waals surface area contributed by atoms with Crippen LogP contribution >= 0.6 is 12.6 Å². The molecule has 3 atom stereocenters. The van der Waals surface area contributed by atoms with Crippen molar-refractivity contribution in [3.63, 3.8) is 0 Å². The lowest BCUT2D eigenvalue weighted by molar-refractivity contribution is -0.147. The van der Waals surface area contributed by atoms with Gasteiger partial charge in [0.25, 0.3) is 0 Å². The number of unbranched alkanes of at least 4 members (excludes halogenated alkanes) is 1. The first kappa shape index (κ1) is 22.1. The van der Waals surface area contributed by atoms with Crippen molar-refractivity contribution >= 4 is 36.4 Å². The number of hydrogen-bond acceptors (Lipinski definition) is 7. The molecule has 0 spiro atoms. The van der Waals surface area contributed by atoms with Gasteiger partial charge in [-0.15, -0.1) is 0 Å². The first-order valence-electron chi connectivity index (χ1n) is 7.34. The van der Waals surface area contributed by atoms with Crippen LogP contribution < -0.4 is 22.1 Å². The van der Waals surface area contributed by atoms with Crippen LogP contribution in [0.25, 0.3) is 0 Å². The summed E-state index contributed by atoms with van der Waals surface area (Å²) in [6.45, 7) is 0.482. The molecule has 0 aliphatic carbocycles. The normalized spacial score (nSPS) is 14.3. The van der Waals surface area contributed by atoms with Crippen molar-refractivity contribution in [1.29, 1.82) is 0 Å². The summed E-state index contributed by atoms with van der Waals surface area (Å²) in [6, 6.07) is -3.56. The zero-order valence-electron chi connectivity index (χ0n) is 13.1. The van der Waals surface area contributed by atoms with E-state index in [0.717, 1.165) is 0 Å². The minimum absolute atomic E-state index is 0.105. The maximum atomic E-state index is 12.0. The summed E-state index contributed by atoms with van der Waals surface area (Å²) in [7, 11) is 0. The lowest BCUT2D eigenvalue weighted by atomic mass is 10.1. The van der Waals surface area contributed by atoms with E-state index in [2.05, 4.69) is 23.3 Å². The van der Waals surface area contributed by atoms with Gasteiger partial charge in [0.2, 0.25) is 11.8 Å². The fourth-order valence-corrected chi connectivity index (χ4v) is 2.02. The van der Waals surface area contributed by atoms with Crippen molar-refractivity contribution in [3.05, 3.63) is 0 Å². The summed E-state index contributed by atoms with van der Waals surface area (Å²) in [5.41, 5.74) is 11.0. The molecule has 0 fully saturated rings. The third-order valence-electron chi connectivity index (χ3n) is 3.11. The Morgan fingerprint density at radius 1 is 1.00 bits per heavy atom. The van der Waals surface area contributed by atoms with Gasteiger partial charge in [0.1, 0.15) is 12.1 Å². The van der Waals surface area contributed by atoms with E-state index in [1.165, 1.54) is 0 Å². The number of carboxylic acid groups (broad SMARTS) is 2. The van der Waals surface area contributed by atoms with Crippen molar-refractivity contribution in [1.82, 2.24) is 10.6 Å². The number of thiol groups is 1. The Morgan fingerprint density at radius 3 is 2.04 bits per heavy atom. The Hall–Kier alpha value is -1.85. The average molecular weight is 364 g/mol. The molecule has 0 rings (SSSR count). The summed E-state index contributed by atoms with van der Waals surface area (Å²) in [4.78, 5) is 45.5. The van der Waals surface area contributed by atoms with Gasteiger partial charge < -0.3 is 32.3 Å². The number of nitrogens with two attached hydrogens (primary N) is 2. The van der Waals surface area contributed by atoms with Crippen LogP contribution in [-0.2, 0) is 19.2 Å². The van der Waals surface area contributed by atoms with Crippen LogP contribution in [-0.4, -0.2) is 64.4 Å². The maximum absolute atomic E-state index is 12.0. The molecule has 0 aromatic carbocycles. The molecular weight excluding hydrogens is 340 g/mol. The van der Waals surface area contributed by atoms with E-state index < -0.39 is 48.3 Å². The minimum Gasteiger partial charge on any atom is -0.481 e. The number of aliphatic carboxylic acids is 2. The SMILES string of the molecule is NCCCCC(N)C(=O)NC(CS)C(=O)NC(CC(=O)O)C(=O)O. The minimum atomic E-state index is -1.60. The van der Waals surface area contributed by atoms with E-state index in [4.69, 9.17) is 21.7 Å². The molecule has 11 heteroatoms. The number of carboxylic acids is 2. The number of nitrogens with one attached hydrogen (secondary N) is 2. The van der Waals surface area contributed by atoms with Gasteiger partial charge in [0.05, 0.1) is 12.5 Å². The number of carbonyl (C=O) groups excluding carboxylic acids is 2. The highest BCUT2D eigenvalue weighted by molar-refractivity contribution is 7.80. The van der Waals surface area contributed by atoms with E-state index in [1.54, 1.807) is 0 Å². The molecule has 0 saturated heterocycles. The fraction of sp³-hybridized carbons (Fsp3) is 0.692. The van der Waals surface area contributed by atoms with Crippen molar-refractivity contribution in [2.75, 3.05) is 12.3 Å². The predicted octanol–water partition coefficient (Wildman–Crippen LogP) is -2.10. The van der Waals surface area contributed by atoms with Crippen LogP contribution in [0.5, 0.6) is 0 Å². The molecule has 0 aromatic heterocycles. The molecule has 138 valence electrons. The predicted molar refractivity (Wildman–Crippen MR) is 88.5 cm³/mol. The van der Waals surface area contributed by atoms with Gasteiger partial charge in [-0.05, 0) is 19.4 Å². The number of hydrogen-bond donors (Lipinski definition) is 7. The number of amides is 2.